The van der Waals surface area contributed by atoms with E-state index in [1.54, 1.807) is 0 Å². The summed E-state index contributed by atoms with van der Waals surface area (Å²) < 4.78 is 0. The average molecular weight is 845 g/mol. The fourth-order valence-corrected chi connectivity index (χ4v) is 10.3. The van der Waals surface area contributed by atoms with Crippen molar-refractivity contribution < 1.29 is 0 Å². The van der Waals surface area contributed by atoms with Crippen molar-refractivity contribution in [3.05, 3.63) is 241 Å². The minimum Gasteiger partial charge on any atom is -0.309 e. The molecule has 0 saturated heterocycles. The van der Waals surface area contributed by atoms with Crippen molar-refractivity contribution in [2.75, 3.05) is 9.80 Å². The van der Waals surface area contributed by atoms with E-state index in [9.17, 15) is 0 Å². The van der Waals surface area contributed by atoms with Crippen LogP contribution in [0.4, 0.5) is 34.1 Å². The monoisotopic (exact) mass is 844 g/mol. The van der Waals surface area contributed by atoms with E-state index < -0.39 is 0 Å². The molecule has 0 aromatic heterocycles. The number of benzene rings is 12. The summed E-state index contributed by atoms with van der Waals surface area (Å²) in [5.74, 6) is 0. The summed E-state index contributed by atoms with van der Waals surface area (Å²) in [6, 6.07) is 81.6. The van der Waals surface area contributed by atoms with E-state index >= 15 is 0 Å². The van der Waals surface area contributed by atoms with Crippen LogP contribution in [0, 0.1) is 27.7 Å². The van der Waals surface area contributed by atoms with Crippen molar-refractivity contribution >= 4 is 88.0 Å². The molecule has 0 heterocycles. The Labute approximate surface area is 386 Å². The molecular weight excluding hydrogens is 797 g/mol. The summed E-state index contributed by atoms with van der Waals surface area (Å²) in [5, 5.41) is 12.2. The zero-order chi connectivity index (χ0) is 44.5. The quantitative estimate of drug-likeness (QED) is 0.141. The first-order valence-corrected chi connectivity index (χ1v) is 23.0. The van der Waals surface area contributed by atoms with Crippen molar-refractivity contribution in [2.45, 2.75) is 27.7 Å². The third-order valence-electron chi connectivity index (χ3n) is 13.7. The summed E-state index contributed by atoms with van der Waals surface area (Å²) in [7, 11) is 0. The zero-order valence-electron chi connectivity index (χ0n) is 37.7. The van der Waals surface area contributed by atoms with Gasteiger partial charge in [-0.1, -0.05) is 192 Å². The van der Waals surface area contributed by atoms with Gasteiger partial charge in [0.15, 0.2) is 0 Å². The van der Waals surface area contributed by atoms with Gasteiger partial charge in [0.1, 0.15) is 0 Å². The smallest absolute Gasteiger partial charge is 0.0547 e. The van der Waals surface area contributed by atoms with E-state index in [1.165, 1.54) is 98.4 Å². The first-order chi connectivity index (χ1) is 32.4. The highest BCUT2D eigenvalue weighted by atomic mass is 15.2. The van der Waals surface area contributed by atoms with Gasteiger partial charge in [-0.3, -0.25) is 0 Å². The predicted octanol–water partition coefficient (Wildman–Crippen LogP) is 18.4. The lowest BCUT2D eigenvalue weighted by Crippen LogP contribution is -2.12. The minimum absolute atomic E-state index is 1.12. The number of nitrogens with zero attached hydrogens (tertiary/aromatic N) is 2. The van der Waals surface area contributed by atoms with E-state index in [0.717, 1.165) is 34.1 Å². The number of hydrogen-bond acceptors (Lipinski definition) is 2. The number of rotatable bonds is 8. The van der Waals surface area contributed by atoms with Gasteiger partial charge < -0.3 is 9.80 Å². The second kappa shape index (κ2) is 15.8. The molecule has 0 radical (unpaired) electrons. The van der Waals surface area contributed by atoms with Crippen LogP contribution in [0.1, 0.15) is 22.3 Å². The maximum Gasteiger partial charge on any atom is 0.0547 e. The van der Waals surface area contributed by atoms with Crippen LogP contribution in [0.5, 0.6) is 0 Å². The fraction of sp³-hybridized carbons (Fsp3) is 0.0625. The van der Waals surface area contributed by atoms with Crippen LogP contribution in [0.3, 0.4) is 0 Å². The Morgan fingerprint density at radius 1 is 0.258 bits per heavy atom. The molecule has 314 valence electrons. The van der Waals surface area contributed by atoms with Crippen LogP contribution in [-0.2, 0) is 0 Å². The van der Waals surface area contributed by atoms with Gasteiger partial charge in [0.05, 0.1) is 22.7 Å². The number of anilines is 6. The first-order valence-electron chi connectivity index (χ1n) is 23.0. The Kier molecular flexibility index (Phi) is 9.43. The molecule has 2 heteroatoms. The largest absolute Gasteiger partial charge is 0.309 e. The van der Waals surface area contributed by atoms with Gasteiger partial charge in [-0.15, -0.1) is 0 Å². The van der Waals surface area contributed by atoms with Gasteiger partial charge in [-0.25, -0.2) is 0 Å². The standard InChI is InChI=1S/C64H48N2/c1-41-19-27-47(28-20-41)57-39-61(65(49-31-23-43(3)24-32-49)59-17-9-13-45-11-5-7-15-51(45)59)55-38-36-54-58(48-29-21-42(2)22-30-48)40-62(56-37-35-53(57)63(55)64(54)56)66(50-33-25-44(4)26-34-50)60-18-10-14-46-12-6-8-16-52(46)60/h5-40H,1-4H3. The number of hydrogen-bond donors (Lipinski definition) is 0. The molecule has 0 aliphatic heterocycles. The first kappa shape index (κ1) is 39.4. The van der Waals surface area contributed by atoms with E-state index in [1.807, 2.05) is 0 Å². The van der Waals surface area contributed by atoms with Crippen LogP contribution >= 0.6 is 0 Å². The Hall–Kier alpha value is -8.20. The SMILES string of the molecule is Cc1ccc(-c2cc(N(c3ccc(C)cc3)c3cccc4ccccc34)c3ccc4c(-c5ccc(C)cc5)cc(N(c5ccc(C)cc5)c5cccc6ccccc56)c5ccc2c3c45)cc1. The third-order valence-corrected chi connectivity index (χ3v) is 13.7. The molecule has 0 atom stereocenters. The Balaban J connectivity index is 1.26. The molecule has 0 amide bonds. The lowest BCUT2D eigenvalue weighted by molar-refractivity contribution is 1.30. The third kappa shape index (κ3) is 6.56. The van der Waals surface area contributed by atoms with Crippen LogP contribution in [0.15, 0.2) is 218 Å². The van der Waals surface area contributed by atoms with Crippen molar-refractivity contribution in [3.8, 4) is 22.3 Å². The van der Waals surface area contributed by atoms with Gasteiger partial charge in [0.25, 0.3) is 0 Å². The lowest BCUT2D eigenvalue weighted by atomic mass is 9.85. The van der Waals surface area contributed by atoms with Crippen molar-refractivity contribution in [1.82, 2.24) is 0 Å². The highest BCUT2D eigenvalue weighted by Crippen LogP contribution is 2.53. The molecule has 0 spiro atoms. The lowest BCUT2D eigenvalue weighted by Gasteiger charge is -2.32. The predicted molar refractivity (Wildman–Crippen MR) is 284 cm³/mol. The van der Waals surface area contributed by atoms with E-state index in [-0.39, 0.29) is 0 Å². The molecule has 0 aliphatic rings. The van der Waals surface area contributed by atoms with E-state index in [2.05, 4.69) is 256 Å². The van der Waals surface area contributed by atoms with Crippen LogP contribution < -0.4 is 9.80 Å². The van der Waals surface area contributed by atoms with Crippen LogP contribution in [-0.4, -0.2) is 0 Å². The molecule has 12 rings (SSSR count). The maximum absolute atomic E-state index is 2.50. The van der Waals surface area contributed by atoms with Crippen molar-refractivity contribution in [2.24, 2.45) is 0 Å². The Bertz CT molecular complexity index is 3510. The zero-order valence-corrected chi connectivity index (χ0v) is 37.7. The summed E-state index contributed by atoms with van der Waals surface area (Å²) in [4.78, 5) is 5.00. The second-order valence-electron chi connectivity index (χ2n) is 18.0. The molecule has 66 heavy (non-hydrogen) atoms. The molecular formula is C64H48N2. The number of fused-ring (bicyclic) bond motifs is 2. The van der Waals surface area contributed by atoms with E-state index in [4.69, 9.17) is 0 Å². The van der Waals surface area contributed by atoms with Gasteiger partial charge >= 0.3 is 0 Å². The molecule has 0 unspecified atom stereocenters. The molecule has 0 aliphatic carbocycles. The molecule has 2 nitrogen and oxygen atoms in total. The molecule has 0 N–H and O–H groups in total. The molecule has 0 bridgehead atoms. The van der Waals surface area contributed by atoms with Crippen molar-refractivity contribution in [1.29, 1.82) is 0 Å². The summed E-state index contributed by atoms with van der Waals surface area (Å²) in [6.07, 6.45) is 0. The highest BCUT2D eigenvalue weighted by Gasteiger charge is 2.27. The van der Waals surface area contributed by atoms with Crippen molar-refractivity contribution in [3.63, 3.8) is 0 Å². The second-order valence-corrected chi connectivity index (χ2v) is 18.0. The fourth-order valence-electron chi connectivity index (χ4n) is 10.3. The highest BCUT2D eigenvalue weighted by molar-refractivity contribution is 6.32. The van der Waals surface area contributed by atoms with Gasteiger partial charge in [-0.05, 0) is 120 Å². The normalized spacial score (nSPS) is 11.6. The van der Waals surface area contributed by atoms with Gasteiger partial charge in [-0.2, -0.15) is 0 Å². The van der Waals surface area contributed by atoms with Crippen LogP contribution in [0.2, 0.25) is 0 Å². The molecule has 0 saturated carbocycles. The topological polar surface area (TPSA) is 6.48 Å². The number of aryl methyl sites for hydroxylation is 4. The Morgan fingerprint density at radius 3 is 0.985 bits per heavy atom. The van der Waals surface area contributed by atoms with Gasteiger partial charge in [0.2, 0.25) is 0 Å². The van der Waals surface area contributed by atoms with E-state index in [0.29, 0.717) is 0 Å². The molecule has 12 aromatic rings. The minimum atomic E-state index is 1.12. The molecule has 0 fully saturated rings. The summed E-state index contributed by atoms with van der Waals surface area (Å²) in [6.45, 7) is 8.67. The maximum atomic E-state index is 2.50. The average Bonchev–Trinajstić information content (AvgIpc) is 3.35. The summed E-state index contributed by atoms with van der Waals surface area (Å²) >= 11 is 0. The van der Waals surface area contributed by atoms with Gasteiger partial charge in [0, 0.05) is 43.7 Å². The molecule has 12 aromatic carbocycles. The Morgan fingerprint density at radius 2 is 0.591 bits per heavy atom. The summed E-state index contributed by atoms with van der Waals surface area (Å²) in [5.41, 5.74) is 16.5. The van der Waals surface area contributed by atoms with Crippen LogP contribution in [0.25, 0.3) is 76.1 Å².